The molecule has 0 radical (unpaired) electrons. The van der Waals surface area contributed by atoms with Gasteiger partial charge < -0.3 is 14.7 Å². The van der Waals surface area contributed by atoms with Crippen molar-refractivity contribution in [2.24, 2.45) is 0 Å². The fourth-order valence-electron chi connectivity index (χ4n) is 7.55. The second-order valence-electron chi connectivity index (χ2n) is 14.1. The number of aromatic nitrogens is 4. The Morgan fingerprint density at radius 2 is 0.800 bits per heavy atom. The number of nitrogens with one attached hydrogen (secondary N) is 2. The quantitative estimate of drug-likeness (QED) is 0.174. The summed E-state index contributed by atoms with van der Waals surface area (Å²) >= 11 is 0. The van der Waals surface area contributed by atoms with Crippen molar-refractivity contribution in [1.82, 2.24) is 19.9 Å². The maximum Gasteiger partial charge on any atom is 0.338 e. The van der Waals surface area contributed by atoms with Crippen LogP contribution in [0.4, 0.5) is 0 Å². The fraction of sp³-hybridized carbons (Fsp3) is 0.0816. The van der Waals surface area contributed by atoms with Crippen LogP contribution in [0, 0.1) is 20.8 Å². The van der Waals surface area contributed by atoms with E-state index >= 15 is 0 Å². The Labute approximate surface area is 319 Å². The van der Waals surface area contributed by atoms with Gasteiger partial charge in [-0.3, -0.25) is 0 Å². The summed E-state index contributed by atoms with van der Waals surface area (Å²) in [4.78, 5) is 31.6. The molecule has 3 aromatic heterocycles. The van der Waals surface area contributed by atoms with Gasteiger partial charge >= 0.3 is 5.97 Å². The second kappa shape index (κ2) is 13.7. The van der Waals surface area contributed by atoms with E-state index in [1.165, 1.54) is 23.8 Å². The summed E-state index contributed by atoms with van der Waals surface area (Å²) in [5.41, 5.74) is 18.4. The number of hydrogen-bond donors (Lipinski definition) is 2. The van der Waals surface area contributed by atoms with Gasteiger partial charge in [0, 0.05) is 49.9 Å². The lowest BCUT2D eigenvalue weighted by atomic mass is 9.98. The lowest BCUT2D eigenvalue weighted by Gasteiger charge is -2.10. The molecule has 7 aromatic rings. The van der Waals surface area contributed by atoms with Crippen LogP contribution in [-0.4, -0.2) is 33.0 Å². The molecule has 0 aliphatic carbocycles. The van der Waals surface area contributed by atoms with Crippen LogP contribution in [0.1, 0.15) is 49.8 Å². The number of nitrogens with zero attached hydrogens (tertiary/aromatic N) is 2. The van der Waals surface area contributed by atoms with Gasteiger partial charge in [-0.15, -0.1) is 0 Å². The molecular weight excluding hydrogens is 677 g/mol. The van der Waals surface area contributed by atoms with Gasteiger partial charge in [-0.2, -0.15) is 0 Å². The molecule has 0 amide bonds. The van der Waals surface area contributed by atoms with Gasteiger partial charge in [-0.25, -0.2) is 14.8 Å². The fourth-order valence-corrected chi connectivity index (χ4v) is 7.55. The van der Waals surface area contributed by atoms with Crippen molar-refractivity contribution in [2.75, 3.05) is 7.11 Å². The molecule has 6 heteroatoms. The van der Waals surface area contributed by atoms with Gasteiger partial charge in [-0.1, -0.05) is 108 Å². The highest BCUT2D eigenvalue weighted by atomic mass is 16.5. The molecule has 0 fully saturated rings. The van der Waals surface area contributed by atoms with E-state index in [-0.39, 0.29) is 0 Å². The van der Waals surface area contributed by atoms with E-state index < -0.39 is 5.97 Å². The number of fused-ring (bicyclic) bond motifs is 8. The van der Waals surface area contributed by atoms with Crippen LogP contribution < -0.4 is 0 Å². The minimum absolute atomic E-state index is 0.416. The molecule has 2 aliphatic rings. The van der Waals surface area contributed by atoms with E-state index in [9.17, 15) is 4.79 Å². The van der Waals surface area contributed by atoms with Gasteiger partial charge in [0.2, 0.25) is 0 Å². The number of carbonyl (C=O) groups excluding carboxylic acids is 1. The number of aromatic amines is 2. The SMILES string of the molecule is COC(=O)c1ccccc1-c1c2nc(c(-c3ccc(C)cc3)c3ccc([nH]3)c(-c3ccc(C)cc3)c3nc(c(-c4ccc(C)cc4)c4ccc1[nH]4)C=C3)C=C2. The summed E-state index contributed by atoms with van der Waals surface area (Å²) in [6.45, 7) is 6.29. The van der Waals surface area contributed by atoms with Crippen molar-refractivity contribution in [2.45, 2.75) is 20.8 Å². The van der Waals surface area contributed by atoms with E-state index in [4.69, 9.17) is 14.7 Å². The molecule has 9 rings (SSSR count). The number of methoxy groups -OCH3 is 1. The molecule has 2 N–H and O–H groups in total. The molecule has 0 saturated heterocycles. The third-order valence-corrected chi connectivity index (χ3v) is 10.4. The third-order valence-electron chi connectivity index (χ3n) is 10.4. The molecule has 8 bridgehead atoms. The molecule has 2 aliphatic heterocycles. The van der Waals surface area contributed by atoms with Crippen molar-refractivity contribution in [3.8, 4) is 44.5 Å². The van der Waals surface area contributed by atoms with Gasteiger partial charge in [0.05, 0.1) is 35.4 Å². The Balaban J connectivity index is 1.48. The highest BCUT2D eigenvalue weighted by molar-refractivity contribution is 6.04. The minimum atomic E-state index is -0.416. The monoisotopic (exact) mass is 714 g/mol. The Morgan fingerprint density at radius 3 is 1.18 bits per heavy atom. The highest BCUT2D eigenvalue weighted by Crippen LogP contribution is 2.39. The Hall–Kier alpha value is -7.05. The average Bonchev–Trinajstić information content (AvgIpc) is 4.05. The summed E-state index contributed by atoms with van der Waals surface area (Å²) in [5, 5.41) is 0. The van der Waals surface area contributed by atoms with Crippen molar-refractivity contribution in [3.05, 3.63) is 166 Å². The summed E-state index contributed by atoms with van der Waals surface area (Å²) in [7, 11) is 1.41. The van der Waals surface area contributed by atoms with E-state index in [1.807, 2.05) is 24.3 Å². The van der Waals surface area contributed by atoms with Crippen LogP contribution in [0.5, 0.6) is 0 Å². The number of rotatable bonds is 5. The zero-order chi connectivity index (χ0) is 37.6. The molecule has 5 heterocycles. The Morgan fingerprint density at radius 1 is 0.455 bits per heavy atom. The zero-order valence-electron chi connectivity index (χ0n) is 31.1. The molecule has 0 saturated carbocycles. The zero-order valence-corrected chi connectivity index (χ0v) is 31.1. The number of H-pyrrole nitrogens is 2. The molecular formula is C49H38N4O2. The van der Waals surface area contributed by atoms with Crippen molar-refractivity contribution in [1.29, 1.82) is 0 Å². The average molecular weight is 715 g/mol. The first kappa shape index (κ1) is 33.8. The number of benzene rings is 4. The lowest BCUT2D eigenvalue weighted by molar-refractivity contribution is 0.0601. The van der Waals surface area contributed by atoms with Crippen molar-refractivity contribution < 1.29 is 9.53 Å². The van der Waals surface area contributed by atoms with E-state index in [1.54, 1.807) is 6.07 Å². The van der Waals surface area contributed by atoms with E-state index in [0.29, 0.717) is 5.56 Å². The minimum Gasteiger partial charge on any atom is -0.465 e. The molecule has 55 heavy (non-hydrogen) atoms. The maximum absolute atomic E-state index is 13.3. The van der Waals surface area contributed by atoms with Gasteiger partial charge in [-0.05, 0) is 92.1 Å². The first-order valence-corrected chi connectivity index (χ1v) is 18.4. The van der Waals surface area contributed by atoms with Crippen molar-refractivity contribution >= 4 is 52.3 Å². The van der Waals surface area contributed by atoms with Crippen LogP contribution in [0.3, 0.4) is 0 Å². The lowest BCUT2D eigenvalue weighted by Crippen LogP contribution is -2.04. The molecule has 0 atom stereocenters. The number of carbonyl (C=O) groups is 1. The maximum atomic E-state index is 13.3. The summed E-state index contributed by atoms with van der Waals surface area (Å²) in [6.07, 6.45) is 8.31. The number of ether oxygens (including phenoxy) is 1. The standard InChI is InChI=1S/C49H38N4O2/c1-29-9-15-32(16-10-29)45-37-21-23-39(50-37)46(33-17-11-30(2)12-18-33)41-25-27-43(52-41)48(35-7-5-6-8-36(35)49(54)55-4)44-28-26-42(53-44)47(40-24-22-38(45)51-40)34-19-13-31(3)14-20-34/h5-28,50,53H,1-4H3. The predicted molar refractivity (Wildman–Crippen MR) is 226 cm³/mol. The number of esters is 1. The topological polar surface area (TPSA) is 83.7 Å². The largest absolute Gasteiger partial charge is 0.465 e. The molecule has 0 spiro atoms. The number of aryl methyl sites for hydroxylation is 3. The molecule has 4 aromatic carbocycles. The van der Waals surface area contributed by atoms with Gasteiger partial charge in [0.15, 0.2) is 0 Å². The number of hydrogen-bond acceptors (Lipinski definition) is 4. The molecule has 0 unspecified atom stereocenters. The van der Waals surface area contributed by atoms with Crippen molar-refractivity contribution in [3.63, 3.8) is 0 Å². The van der Waals surface area contributed by atoms with Crippen LogP contribution in [0.15, 0.2) is 121 Å². The first-order valence-electron chi connectivity index (χ1n) is 18.4. The molecule has 266 valence electrons. The summed E-state index contributed by atoms with van der Waals surface area (Å²) in [5.74, 6) is -0.416. The van der Waals surface area contributed by atoms with Gasteiger partial charge in [0.25, 0.3) is 0 Å². The smallest absolute Gasteiger partial charge is 0.338 e. The van der Waals surface area contributed by atoms with Crippen LogP contribution in [0.2, 0.25) is 0 Å². The van der Waals surface area contributed by atoms with Crippen LogP contribution in [0.25, 0.3) is 90.9 Å². The normalized spacial score (nSPS) is 11.9. The van der Waals surface area contributed by atoms with Gasteiger partial charge in [0.1, 0.15) is 0 Å². The summed E-state index contributed by atoms with van der Waals surface area (Å²) < 4.78 is 5.28. The van der Waals surface area contributed by atoms with Crippen LogP contribution in [-0.2, 0) is 4.74 Å². The van der Waals surface area contributed by atoms with E-state index in [2.05, 4.69) is 146 Å². The van der Waals surface area contributed by atoms with Crippen LogP contribution >= 0.6 is 0 Å². The Kier molecular flexibility index (Phi) is 8.43. The second-order valence-corrected chi connectivity index (χ2v) is 14.1. The van der Waals surface area contributed by atoms with E-state index in [0.717, 1.165) is 89.4 Å². The highest BCUT2D eigenvalue weighted by Gasteiger charge is 2.21. The Bertz CT molecular complexity index is 2830. The summed E-state index contributed by atoms with van der Waals surface area (Å²) in [6, 6.07) is 41.7. The third kappa shape index (κ3) is 6.17. The molecule has 6 nitrogen and oxygen atoms in total. The predicted octanol–water partition coefficient (Wildman–Crippen LogP) is 12.0. The first-order chi connectivity index (χ1) is 26.8.